The smallest absolute Gasteiger partial charge is 0.405 e. The topological polar surface area (TPSA) is 210 Å². The molecule has 12 aromatic carbocycles. The Balaban J connectivity index is 0.000000114. The summed E-state index contributed by atoms with van der Waals surface area (Å²) >= 11 is 3.52. The fraction of sp³-hybridized carbons (Fsp3) is 0.143. The Morgan fingerprint density at radius 2 is 0.405 bits per heavy atom. The van der Waals surface area contributed by atoms with Crippen LogP contribution in [0.5, 0.6) is 0 Å². The third-order valence-electron chi connectivity index (χ3n) is 29.9. The van der Waals surface area contributed by atoms with E-state index in [1.54, 1.807) is 0 Å². The van der Waals surface area contributed by atoms with E-state index < -0.39 is 21.1 Å². The zero-order valence-electron chi connectivity index (χ0n) is 83.9. The predicted octanol–water partition coefficient (Wildman–Crippen LogP) is 30.0. The van der Waals surface area contributed by atoms with Gasteiger partial charge in [0.1, 0.15) is 0 Å². The van der Waals surface area contributed by atoms with Crippen molar-refractivity contribution >= 4 is 173 Å². The second kappa shape index (κ2) is 37.5. The largest absolute Gasteiger partial charge is 0.494 e. The van der Waals surface area contributed by atoms with Crippen molar-refractivity contribution < 1.29 is 27.9 Å². The lowest BCUT2D eigenvalue weighted by Crippen LogP contribution is -2.41. The van der Waals surface area contributed by atoms with Gasteiger partial charge in [0.15, 0.2) is 0 Å². The van der Waals surface area contributed by atoms with Gasteiger partial charge >= 0.3 is 21.1 Å². The van der Waals surface area contributed by atoms with Gasteiger partial charge in [-0.15, -0.1) is 0 Å². The van der Waals surface area contributed by atoms with Gasteiger partial charge in [-0.3, -0.25) is 19.9 Å². The van der Waals surface area contributed by atoms with Crippen molar-refractivity contribution in [3.8, 4) is 101 Å². The fourth-order valence-electron chi connectivity index (χ4n) is 19.5. The van der Waals surface area contributed by atoms with Crippen molar-refractivity contribution in [2.24, 2.45) is 0 Å². The molecule has 0 atom stereocenters. The van der Waals surface area contributed by atoms with Crippen LogP contribution < -0.4 is 5.46 Å². The zero-order chi connectivity index (χ0) is 101. The van der Waals surface area contributed by atoms with Gasteiger partial charge in [-0.05, 0) is 251 Å². The first kappa shape index (κ1) is 94.3. The number of hydrogen-bond acceptors (Lipinski definition) is 18. The van der Waals surface area contributed by atoms with E-state index in [2.05, 4.69) is 385 Å². The van der Waals surface area contributed by atoms with Crippen LogP contribution in [0.4, 0.5) is 0 Å². The van der Waals surface area contributed by atoms with Crippen molar-refractivity contribution in [3.05, 3.63) is 393 Å². The molecule has 148 heavy (non-hydrogen) atoms. The first-order chi connectivity index (χ1) is 71.6. The zero-order valence-corrected chi connectivity index (χ0v) is 85.5. The number of aromatic nitrogens is 12. The maximum Gasteiger partial charge on any atom is 0.494 e. The molecule has 0 bridgehead atoms. The molecule has 3 fully saturated rings. The Hall–Kier alpha value is -16.0. The number of benzene rings is 12. The minimum atomic E-state index is -0.476. The minimum Gasteiger partial charge on any atom is -0.405 e. The molecule has 716 valence electrons. The number of fused-ring (bicyclic) bond motifs is 16. The Kier molecular flexibility index (Phi) is 23.9. The van der Waals surface area contributed by atoms with Gasteiger partial charge in [0.25, 0.3) is 0 Å². The van der Waals surface area contributed by atoms with E-state index in [4.69, 9.17) is 67.8 Å². The molecule has 3 saturated heterocycles. The molecule has 0 spiro atoms. The lowest BCUT2D eigenvalue weighted by atomic mass is 9.49. The van der Waals surface area contributed by atoms with Crippen LogP contribution in [-0.2, 0) is 27.9 Å². The number of rotatable bonds is 11. The lowest BCUT2D eigenvalue weighted by molar-refractivity contribution is 0.00578. The van der Waals surface area contributed by atoms with Crippen LogP contribution in [0.1, 0.15) is 83.1 Å². The predicted molar refractivity (Wildman–Crippen MR) is 607 cm³/mol. The molecular formula is C126H100B3BrN12O6. The summed E-state index contributed by atoms with van der Waals surface area (Å²) in [5.74, 6) is 0. The number of pyridine rings is 12. The molecule has 15 heterocycles. The van der Waals surface area contributed by atoms with Gasteiger partial charge in [0.2, 0.25) is 0 Å². The maximum absolute atomic E-state index is 6.25. The van der Waals surface area contributed by atoms with E-state index >= 15 is 0 Å². The highest BCUT2D eigenvalue weighted by molar-refractivity contribution is 9.10. The van der Waals surface area contributed by atoms with Gasteiger partial charge in [0, 0.05) is 133 Å². The van der Waals surface area contributed by atoms with E-state index in [1.165, 1.54) is 0 Å². The summed E-state index contributed by atoms with van der Waals surface area (Å²) in [5.41, 5.74) is 28.0. The summed E-state index contributed by atoms with van der Waals surface area (Å²) in [4.78, 5) is 58.6. The van der Waals surface area contributed by atoms with Gasteiger partial charge < -0.3 is 27.9 Å². The molecule has 22 heteroatoms. The van der Waals surface area contributed by atoms with E-state index in [0.29, 0.717) is 0 Å². The molecule has 12 aromatic heterocycles. The molecule has 0 radical (unpaired) electrons. The third kappa shape index (κ3) is 18.2. The van der Waals surface area contributed by atoms with Crippen molar-refractivity contribution in [1.82, 2.24) is 59.8 Å². The highest BCUT2D eigenvalue weighted by Crippen LogP contribution is 2.46. The number of halogens is 1. The molecular weight excluding hydrogens is 1890 g/mol. The second-order valence-electron chi connectivity index (χ2n) is 41.2. The van der Waals surface area contributed by atoms with E-state index in [0.717, 1.165) is 242 Å². The minimum absolute atomic E-state index is 0.360. The maximum atomic E-state index is 6.25. The molecule has 0 unspecified atom stereocenters. The highest BCUT2D eigenvalue weighted by atomic mass is 79.9. The number of hydrogen-bond donors (Lipinski definition) is 0. The van der Waals surface area contributed by atoms with Crippen molar-refractivity contribution in [2.75, 3.05) is 0 Å². The summed E-state index contributed by atoms with van der Waals surface area (Å²) in [7, 11) is -1.34. The van der Waals surface area contributed by atoms with Crippen LogP contribution >= 0.6 is 15.9 Å². The first-order valence-electron chi connectivity index (χ1n) is 49.9. The van der Waals surface area contributed by atoms with Crippen LogP contribution in [0.2, 0.25) is 0 Å². The van der Waals surface area contributed by atoms with Crippen molar-refractivity contribution in [2.45, 2.75) is 117 Å². The average molecular weight is 1990 g/mol. The van der Waals surface area contributed by atoms with Crippen molar-refractivity contribution in [3.63, 3.8) is 0 Å². The molecule has 3 aliphatic rings. The summed E-state index contributed by atoms with van der Waals surface area (Å²) < 4.78 is 37.4. The van der Waals surface area contributed by atoms with Gasteiger partial charge in [-0.1, -0.05) is 234 Å². The Morgan fingerprint density at radius 3 is 0.689 bits per heavy atom. The van der Waals surface area contributed by atoms with Crippen LogP contribution in [0.3, 0.4) is 0 Å². The average Bonchev–Trinajstić information content (AvgIpc) is 1.60. The highest BCUT2D eigenvalue weighted by Gasteiger charge is 2.64. The normalized spacial score (nSPS) is 15.3. The summed E-state index contributed by atoms with van der Waals surface area (Å²) in [6.45, 7) is 24.5. The number of nitrogens with zero attached hydrogens (tertiary/aromatic N) is 12. The monoisotopic (exact) mass is 1990 g/mol. The van der Waals surface area contributed by atoms with Crippen LogP contribution in [-0.4, -0.2) is 115 Å². The Labute approximate surface area is 866 Å². The molecule has 0 amide bonds. The second-order valence-corrected chi connectivity index (χ2v) is 42.1. The van der Waals surface area contributed by atoms with Crippen LogP contribution in [0.15, 0.2) is 393 Å². The van der Waals surface area contributed by atoms with E-state index in [9.17, 15) is 0 Å². The quantitative estimate of drug-likeness (QED) is 0.0870. The van der Waals surface area contributed by atoms with Crippen LogP contribution in [0, 0.1) is 0 Å². The molecule has 0 saturated carbocycles. The first-order valence-corrected chi connectivity index (χ1v) is 50.7. The molecule has 27 rings (SSSR count). The molecule has 0 N–H and O–H groups in total. The Morgan fingerprint density at radius 1 is 0.182 bits per heavy atom. The molecule has 3 aliphatic heterocycles. The van der Waals surface area contributed by atoms with Gasteiger partial charge in [-0.25, -0.2) is 39.9 Å². The van der Waals surface area contributed by atoms with E-state index in [-0.39, 0.29) is 33.6 Å². The van der Waals surface area contributed by atoms with Gasteiger partial charge in [-0.2, -0.15) is 0 Å². The molecule has 0 aliphatic carbocycles. The summed E-state index contributed by atoms with van der Waals surface area (Å²) in [6.07, 6.45) is 7.29. The fourth-order valence-corrected chi connectivity index (χ4v) is 19.9. The van der Waals surface area contributed by atoms with Crippen LogP contribution in [0.25, 0.3) is 232 Å². The Bertz CT molecular complexity index is 9140. The lowest BCUT2D eigenvalue weighted by Gasteiger charge is -2.32. The van der Waals surface area contributed by atoms with E-state index in [1.807, 2.05) is 123 Å². The molecule has 18 nitrogen and oxygen atoms in total. The standard InChI is InChI=1S/C54H32N6.C33H28BN3O2.C27H16BrN3.C12H24B2O4/c1-5-39(31-41(7-1)49-21-15-35-13-11-33-9-3-27-55-51(33)53(35)59-49)45-25-19-43-29-37(17-23-47(43)57-45)38-18-24-48-44(30-38)20-26-46(58-48)40-6-2-8-42(32-40)50-22-16-36-14-12-34-10-4-28-56-52(34)54(36)60-50;1-32(2)33(3,4)39-34(38-32)26-14-17-28-25(20-26)13-16-27(36-28)23-7-5-8-24(19-23)29-15-12-22-11-10-21-9-6-18-35-30(21)31(22)37-29;28-22-10-13-24-21(16-22)9-12-23(30-24)19-3-1-4-20(15-19)25-11-8-18-7-6-17-5-2-14-29-26(17)27(18)31-25;1-9(2)10(3,4)16-13(15-9)14-17-11(5,6)12(7,8)18-14/h1-32H;5-20H,1-4H3;1-16H;1-8H3. The SMILES string of the molecule is Brc1ccc2nc(-c3cccc(-c4ccc5ccc6cccnc6c5n4)c3)ccc2c1.CC1(C)OB(B2OC(C)(C)C(C)(C)O2)OC1(C)C.CC1(C)OB(c2ccc3nc(-c4cccc(-c5ccc6ccc7cccnc7c6n5)c4)ccc3c2)OC1(C)C.c1cc(-c2ccc3cc(-c4ccc5nc(-c6cccc(-c7ccc8ccc9cccnc9c8n7)c6)ccc5c4)ccc3n2)cc(-c2ccc3ccc4cccnc4c3n2)c1. The van der Waals surface area contributed by atoms with Crippen molar-refractivity contribution in [1.29, 1.82) is 0 Å². The third-order valence-corrected chi connectivity index (χ3v) is 30.4. The molecule has 24 aromatic rings. The van der Waals surface area contributed by atoms with Gasteiger partial charge in [0.05, 0.1) is 145 Å². The summed E-state index contributed by atoms with van der Waals surface area (Å²) in [5, 5.41) is 13.0. The summed E-state index contributed by atoms with van der Waals surface area (Å²) in [6, 6.07) is 126.